The summed E-state index contributed by atoms with van der Waals surface area (Å²) in [5.41, 5.74) is 1.20. The van der Waals surface area contributed by atoms with Gasteiger partial charge in [0, 0.05) is 32.8 Å². The zero-order valence-corrected chi connectivity index (χ0v) is 15.2. The number of nitrogens with zero attached hydrogens (tertiary/aromatic N) is 1. The molecule has 2 N–H and O–H groups in total. The largest absolute Gasteiger partial charge is 0.383 e. The number of hydrogen-bond acceptors (Lipinski definition) is 3. The topological polar surface area (TPSA) is 70.7 Å². The van der Waals surface area contributed by atoms with Gasteiger partial charge in [0.25, 0.3) is 0 Å². The summed E-state index contributed by atoms with van der Waals surface area (Å²) in [4.78, 5) is 26.5. The van der Waals surface area contributed by atoms with Gasteiger partial charge in [0.1, 0.15) is 0 Å². The Morgan fingerprint density at radius 3 is 2.64 bits per heavy atom. The van der Waals surface area contributed by atoms with E-state index in [2.05, 4.69) is 22.8 Å². The Morgan fingerprint density at radius 2 is 1.92 bits per heavy atom. The highest BCUT2D eigenvalue weighted by Crippen LogP contribution is 2.22. The first-order chi connectivity index (χ1) is 12.1. The molecule has 0 spiro atoms. The van der Waals surface area contributed by atoms with Crippen LogP contribution < -0.4 is 10.6 Å². The summed E-state index contributed by atoms with van der Waals surface area (Å²) in [7, 11) is 1.61. The van der Waals surface area contributed by atoms with Gasteiger partial charge in [-0.15, -0.1) is 0 Å². The zero-order valence-electron chi connectivity index (χ0n) is 15.2. The smallest absolute Gasteiger partial charge is 0.317 e. The minimum atomic E-state index is -0.145. The maximum atomic E-state index is 12.5. The fourth-order valence-electron chi connectivity index (χ4n) is 3.08. The van der Waals surface area contributed by atoms with Crippen LogP contribution in [-0.2, 0) is 16.0 Å². The second kappa shape index (κ2) is 10.0. The lowest BCUT2D eigenvalue weighted by Crippen LogP contribution is -2.53. The van der Waals surface area contributed by atoms with E-state index in [0.717, 1.165) is 19.3 Å². The number of carbonyl (C=O) groups excluding carboxylic acids is 2. The molecule has 1 aliphatic heterocycles. The number of piperidine rings is 1. The van der Waals surface area contributed by atoms with Gasteiger partial charge >= 0.3 is 6.03 Å². The number of nitrogens with one attached hydrogen (secondary N) is 2. The SMILES string of the molecule is COCCNC(=O)[C@@H]1CC[C@H](C)N(C(=O)NCCc2ccccc2)C1. The van der Waals surface area contributed by atoms with Crippen molar-refractivity contribution in [1.29, 1.82) is 0 Å². The zero-order chi connectivity index (χ0) is 18.1. The molecule has 3 amide bonds. The Hall–Kier alpha value is -2.08. The monoisotopic (exact) mass is 347 g/mol. The molecule has 138 valence electrons. The number of methoxy groups -OCH3 is 1. The van der Waals surface area contributed by atoms with E-state index in [0.29, 0.717) is 26.2 Å². The molecular weight excluding hydrogens is 318 g/mol. The molecule has 0 unspecified atom stereocenters. The summed E-state index contributed by atoms with van der Waals surface area (Å²) in [5.74, 6) is -0.140. The summed E-state index contributed by atoms with van der Waals surface area (Å²) in [6, 6.07) is 10.1. The molecule has 1 aliphatic rings. The van der Waals surface area contributed by atoms with Crippen molar-refractivity contribution in [2.75, 3.05) is 33.4 Å². The van der Waals surface area contributed by atoms with Gasteiger partial charge in [-0.2, -0.15) is 0 Å². The molecule has 1 aromatic rings. The van der Waals surface area contributed by atoms with Gasteiger partial charge in [0.2, 0.25) is 5.91 Å². The molecule has 0 aliphatic carbocycles. The van der Waals surface area contributed by atoms with E-state index in [4.69, 9.17) is 4.74 Å². The van der Waals surface area contributed by atoms with E-state index in [9.17, 15) is 9.59 Å². The third-order valence-electron chi connectivity index (χ3n) is 4.65. The van der Waals surface area contributed by atoms with Crippen molar-refractivity contribution in [1.82, 2.24) is 15.5 Å². The van der Waals surface area contributed by atoms with Gasteiger partial charge in [-0.3, -0.25) is 4.79 Å². The minimum absolute atomic E-state index is 0.00559. The molecule has 1 saturated heterocycles. The quantitative estimate of drug-likeness (QED) is 0.739. The third kappa shape index (κ3) is 6.05. The van der Waals surface area contributed by atoms with Crippen LogP contribution in [0, 0.1) is 5.92 Å². The Labute approximate surface area is 149 Å². The Kier molecular flexibility index (Phi) is 7.73. The molecule has 2 rings (SSSR count). The fraction of sp³-hybridized carbons (Fsp3) is 0.579. The van der Waals surface area contributed by atoms with E-state index in [-0.39, 0.29) is 23.9 Å². The number of benzene rings is 1. The highest BCUT2D eigenvalue weighted by molar-refractivity contribution is 5.81. The first-order valence-electron chi connectivity index (χ1n) is 8.97. The summed E-state index contributed by atoms with van der Waals surface area (Å²) < 4.78 is 4.95. The van der Waals surface area contributed by atoms with E-state index in [1.807, 2.05) is 25.1 Å². The number of amides is 3. The Morgan fingerprint density at radius 1 is 1.16 bits per heavy atom. The van der Waals surface area contributed by atoms with E-state index >= 15 is 0 Å². The van der Waals surface area contributed by atoms with Crippen molar-refractivity contribution in [2.45, 2.75) is 32.2 Å². The molecule has 1 aromatic carbocycles. The highest BCUT2D eigenvalue weighted by Gasteiger charge is 2.32. The molecule has 0 aromatic heterocycles. The molecule has 2 atom stereocenters. The van der Waals surface area contributed by atoms with Gasteiger partial charge in [0.15, 0.2) is 0 Å². The number of rotatable bonds is 7. The number of likely N-dealkylation sites (tertiary alicyclic amines) is 1. The normalized spacial score (nSPS) is 20.2. The van der Waals surface area contributed by atoms with Gasteiger partial charge in [0.05, 0.1) is 12.5 Å². The van der Waals surface area contributed by atoms with E-state index in [1.165, 1.54) is 5.56 Å². The molecule has 0 radical (unpaired) electrons. The molecule has 25 heavy (non-hydrogen) atoms. The molecule has 1 heterocycles. The lowest BCUT2D eigenvalue weighted by atomic mass is 9.93. The molecule has 0 saturated carbocycles. The van der Waals surface area contributed by atoms with Gasteiger partial charge < -0.3 is 20.3 Å². The first kappa shape index (κ1) is 19.2. The van der Waals surface area contributed by atoms with Crippen LogP contribution in [0.15, 0.2) is 30.3 Å². The number of ether oxygens (including phenoxy) is 1. The number of urea groups is 1. The maximum absolute atomic E-state index is 12.5. The third-order valence-corrected chi connectivity index (χ3v) is 4.65. The summed E-state index contributed by atoms with van der Waals surface area (Å²) in [6.07, 6.45) is 2.46. The molecular formula is C19H29N3O3. The average Bonchev–Trinajstić information content (AvgIpc) is 2.63. The van der Waals surface area contributed by atoms with E-state index in [1.54, 1.807) is 12.0 Å². The van der Waals surface area contributed by atoms with Crippen molar-refractivity contribution in [3.05, 3.63) is 35.9 Å². The van der Waals surface area contributed by atoms with Gasteiger partial charge in [-0.1, -0.05) is 30.3 Å². The predicted octanol–water partition coefficient (Wildman–Crippen LogP) is 1.80. The summed E-state index contributed by atoms with van der Waals surface area (Å²) in [6.45, 7) is 4.10. The highest BCUT2D eigenvalue weighted by atomic mass is 16.5. The molecule has 1 fully saturated rings. The Bertz CT molecular complexity index is 550. The van der Waals surface area contributed by atoms with Crippen LogP contribution in [0.2, 0.25) is 0 Å². The van der Waals surface area contributed by atoms with E-state index < -0.39 is 0 Å². The van der Waals surface area contributed by atoms with Crippen LogP contribution in [0.25, 0.3) is 0 Å². The van der Waals surface area contributed by atoms with Crippen molar-refractivity contribution in [3.8, 4) is 0 Å². The van der Waals surface area contributed by atoms with Crippen LogP contribution >= 0.6 is 0 Å². The fourth-order valence-corrected chi connectivity index (χ4v) is 3.08. The molecule has 6 nitrogen and oxygen atoms in total. The summed E-state index contributed by atoms with van der Waals surface area (Å²) in [5, 5.41) is 5.85. The molecule has 6 heteroatoms. The summed E-state index contributed by atoms with van der Waals surface area (Å²) >= 11 is 0. The molecule has 0 bridgehead atoms. The second-order valence-electron chi connectivity index (χ2n) is 6.53. The van der Waals surface area contributed by atoms with Crippen LogP contribution in [0.1, 0.15) is 25.3 Å². The predicted molar refractivity (Wildman–Crippen MR) is 97.3 cm³/mol. The van der Waals surface area contributed by atoms with Crippen molar-refractivity contribution in [3.63, 3.8) is 0 Å². The minimum Gasteiger partial charge on any atom is -0.383 e. The first-order valence-corrected chi connectivity index (χ1v) is 8.97. The van der Waals surface area contributed by atoms with Crippen LogP contribution in [0.4, 0.5) is 4.79 Å². The lowest BCUT2D eigenvalue weighted by Gasteiger charge is -2.37. The Balaban J connectivity index is 1.79. The second-order valence-corrected chi connectivity index (χ2v) is 6.53. The van der Waals surface area contributed by atoms with Crippen molar-refractivity contribution >= 4 is 11.9 Å². The van der Waals surface area contributed by atoms with Crippen LogP contribution in [-0.4, -0.2) is 56.2 Å². The van der Waals surface area contributed by atoms with Crippen molar-refractivity contribution in [2.24, 2.45) is 5.92 Å². The van der Waals surface area contributed by atoms with Gasteiger partial charge in [-0.25, -0.2) is 4.79 Å². The number of hydrogen-bond donors (Lipinski definition) is 2. The van der Waals surface area contributed by atoms with Gasteiger partial charge in [-0.05, 0) is 31.7 Å². The van der Waals surface area contributed by atoms with Crippen LogP contribution in [0.5, 0.6) is 0 Å². The maximum Gasteiger partial charge on any atom is 0.317 e. The van der Waals surface area contributed by atoms with Crippen molar-refractivity contribution < 1.29 is 14.3 Å². The lowest BCUT2D eigenvalue weighted by molar-refractivity contribution is -0.126. The number of carbonyl (C=O) groups is 2. The average molecular weight is 347 g/mol. The van der Waals surface area contributed by atoms with Crippen LogP contribution in [0.3, 0.4) is 0 Å². The standard InChI is InChI=1S/C19H29N3O3/c1-15-8-9-17(18(23)20-12-13-25-2)14-22(15)19(24)21-11-10-16-6-4-3-5-7-16/h3-7,15,17H,8-14H2,1-2H3,(H,20,23)(H,21,24)/t15-,17+/m0/s1.